The van der Waals surface area contributed by atoms with Crippen LogP contribution >= 0.6 is 0 Å². The van der Waals surface area contributed by atoms with Crippen LogP contribution in [0.3, 0.4) is 0 Å². The molecule has 0 fully saturated rings. The van der Waals surface area contributed by atoms with Gasteiger partial charge in [-0.25, -0.2) is 0 Å². The largest absolute Gasteiger partial charge is 0.500 e. The second kappa shape index (κ2) is 2.44. The van der Waals surface area contributed by atoms with Gasteiger partial charge in [0.05, 0.1) is 24.2 Å². The summed E-state index contributed by atoms with van der Waals surface area (Å²) in [5.41, 5.74) is 6.68. The number of fused-ring (bicyclic) bond motifs is 1. The van der Waals surface area contributed by atoms with Crippen LogP contribution < -0.4 is 5.73 Å². The van der Waals surface area contributed by atoms with Gasteiger partial charge in [0.15, 0.2) is 5.71 Å². The van der Waals surface area contributed by atoms with Crippen LogP contribution in [0.2, 0.25) is 0 Å². The Labute approximate surface area is 68.6 Å². The first-order valence-corrected chi connectivity index (χ1v) is 3.56. The van der Waals surface area contributed by atoms with E-state index in [-0.39, 0.29) is 5.71 Å². The lowest BCUT2D eigenvalue weighted by Crippen LogP contribution is -2.27. The average molecular weight is 165 g/mol. The molecule has 0 saturated heterocycles. The van der Waals surface area contributed by atoms with Gasteiger partial charge in [-0.2, -0.15) is 5.10 Å². The molecule has 5 nitrogen and oxygen atoms in total. The molecule has 2 aliphatic heterocycles. The Morgan fingerprint density at radius 1 is 1.58 bits per heavy atom. The van der Waals surface area contributed by atoms with Crippen molar-refractivity contribution in [2.24, 2.45) is 15.9 Å². The lowest BCUT2D eigenvalue weighted by atomic mass is 10.0. The molecule has 0 atom stereocenters. The van der Waals surface area contributed by atoms with Crippen LogP contribution in [0.15, 0.2) is 22.0 Å². The standard InChI is InChI=1S/C7H7N3O2/c8-7(11)6-4-3-12-2-1-5(4)9-10-6/h3H,1-2H2,(H2,8,11). The normalized spacial score (nSPS) is 20.2. The summed E-state index contributed by atoms with van der Waals surface area (Å²) in [6.45, 7) is 0.587. The predicted molar refractivity (Wildman–Crippen MR) is 42.7 cm³/mol. The number of amides is 1. The fourth-order valence-electron chi connectivity index (χ4n) is 1.14. The zero-order valence-electron chi connectivity index (χ0n) is 6.28. The van der Waals surface area contributed by atoms with E-state index in [0.717, 1.165) is 5.71 Å². The van der Waals surface area contributed by atoms with Crippen molar-refractivity contribution in [1.82, 2.24) is 0 Å². The molecule has 1 amide bonds. The number of ether oxygens (including phenoxy) is 1. The minimum atomic E-state index is -0.564. The summed E-state index contributed by atoms with van der Waals surface area (Å²) < 4.78 is 5.03. The second-order valence-corrected chi connectivity index (χ2v) is 2.51. The molecule has 2 rings (SSSR count). The smallest absolute Gasteiger partial charge is 0.270 e. The maximum Gasteiger partial charge on any atom is 0.270 e. The topological polar surface area (TPSA) is 77.0 Å². The first-order valence-electron chi connectivity index (χ1n) is 3.56. The summed E-state index contributed by atoms with van der Waals surface area (Å²) in [5.74, 6) is -0.564. The molecular formula is C7H7N3O2. The molecule has 0 aromatic rings. The Morgan fingerprint density at radius 2 is 2.42 bits per heavy atom. The predicted octanol–water partition coefficient (Wildman–Crippen LogP) is -0.414. The summed E-state index contributed by atoms with van der Waals surface area (Å²) in [4.78, 5) is 10.8. The van der Waals surface area contributed by atoms with Crippen molar-refractivity contribution in [3.63, 3.8) is 0 Å². The molecule has 0 aromatic carbocycles. The van der Waals surface area contributed by atoms with Gasteiger partial charge < -0.3 is 10.5 Å². The number of nitrogens with zero attached hydrogens (tertiary/aromatic N) is 2. The van der Waals surface area contributed by atoms with Crippen molar-refractivity contribution < 1.29 is 9.53 Å². The van der Waals surface area contributed by atoms with Gasteiger partial charge in [0, 0.05) is 6.42 Å². The van der Waals surface area contributed by atoms with E-state index in [0.29, 0.717) is 18.6 Å². The maximum absolute atomic E-state index is 10.8. The third kappa shape index (κ3) is 0.903. The van der Waals surface area contributed by atoms with Crippen LogP contribution in [0.4, 0.5) is 0 Å². The molecule has 62 valence electrons. The average Bonchev–Trinajstić information content (AvgIpc) is 2.47. The Morgan fingerprint density at radius 3 is 3.17 bits per heavy atom. The quantitative estimate of drug-likeness (QED) is 0.573. The maximum atomic E-state index is 10.8. The Kier molecular flexibility index (Phi) is 1.43. The summed E-state index contributed by atoms with van der Waals surface area (Å²) in [5, 5.41) is 7.48. The van der Waals surface area contributed by atoms with E-state index >= 15 is 0 Å². The van der Waals surface area contributed by atoms with Crippen molar-refractivity contribution in [2.75, 3.05) is 6.61 Å². The molecule has 0 aromatic heterocycles. The molecule has 0 bridgehead atoms. The Bertz CT molecular complexity index is 328. The van der Waals surface area contributed by atoms with Gasteiger partial charge in [0.25, 0.3) is 5.91 Å². The van der Waals surface area contributed by atoms with Crippen LogP contribution in [0.5, 0.6) is 0 Å². The van der Waals surface area contributed by atoms with Gasteiger partial charge >= 0.3 is 0 Å². The molecule has 2 heterocycles. The van der Waals surface area contributed by atoms with Gasteiger partial charge in [-0.3, -0.25) is 4.79 Å². The van der Waals surface area contributed by atoms with E-state index in [1.165, 1.54) is 6.26 Å². The molecule has 2 N–H and O–H groups in total. The zero-order chi connectivity index (χ0) is 8.55. The monoisotopic (exact) mass is 165 g/mol. The molecule has 0 saturated carbocycles. The number of primary amides is 1. The van der Waals surface area contributed by atoms with Crippen LogP contribution in [-0.2, 0) is 9.53 Å². The van der Waals surface area contributed by atoms with Crippen molar-refractivity contribution in [3.8, 4) is 0 Å². The summed E-state index contributed by atoms with van der Waals surface area (Å²) in [6.07, 6.45) is 2.17. The second-order valence-electron chi connectivity index (χ2n) is 2.51. The first kappa shape index (κ1) is 7.02. The fraction of sp³-hybridized carbons (Fsp3) is 0.286. The Balaban J connectivity index is 2.35. The van der Waals surface area contributed by atoms with Crippen molar-refractivity contribution in [3.05, 3.63) is 11.8 Å². The summed E-state index contributed by atoms with van der Waals surface area (Å²) in [7, 11) is 0. The highest BCUT2D eigenvalue weighted by molar-refractivity contribution is 6.52. The Hall–Kier alpha value is -1.65. The van der Waals surface area contributed by atoms with Crippen LogP contribution in [-0.4, -0.2) is 23.9 Å². The van der Waals surface area contributed by atoms with E-state index in [1.807, 2.05) is 0 Å². The molecule has 0 radical (unpaired) electrons. The van der Waals surface area contributed by atoms with Crippen molar-refractivity contribution in [2.45, 2.75) is 6.42 Å². The van der Waals surface area contributed by atoms with Gasteiger partial charge in [-0.1, -0.05) is 0 Å². The lowest BCUT2D eigenvalue weighted by molar-refractivity contribution is -0.111. The van der Waals surface area contributed by atoms with Crippen LogP contribution in [0.1, 0.15) is 6.42 Å². The molecular weight excluding hydrogens is 158 g/mol. The van der Waals surface area contributed by atoms with Crippen molar-refractivity contribution >= 4 is 17.3 Å². The number of carbonyl (C=O) groups is 1. The third-order valence-corrected chi connectivity index (χ3v) is 1.73. The molecule has 0 unspecified atom stereocenters. The highest BCUT2D eigenvalue weighted by atomic mass is 16.5. The van der Waals surface area contributed by atoms with Crippen LogP contribution in [0.25, 0.3) is 0 Å². The minimum Gasteiger partial charge on any atom is -0.500 e. The molecule has 5 heteroatoms. The van der Waals surface area contributed by atoms with Crippen LogP contribution in [0, 0.1) is 0 Å². The van der Waals surface area contributed by atoms with E-state index in [9.17, 15) is 4.79 Å². The SMILES string of the molecule is NC(=O)C1=NN=C2CCOC=C21. The van der Waals surface area contributed by atoms with E-state index in [4.69, 9.17) is 10.5 Å². The number of hydrogen-bond donors (Lipinski definition) is 1. The van der Waals surface area contributed by atoms with Gasteiger partial charge in [-0.05, 0) is 0 Å². The highest BCUT2D eigenvalue weighted by Gasteiger charge is 2.26. The van der Waals surface area contributed by atoms with E-state index < -0.39 is 5.91 Å². The van der Waals surface area contributed by atoms with E-state index in [2.05, 4.69) is 10.2 Å². The summed E-state index contributed by atoms with van der Waals surface area (Å²) in [6, 6.07) is 0. The number of rotatable bonds is 1. The molecule has 12 heavy (non-hydrogen) atoms. The lowest BCUT2D eigenvalue weighted by Gasteiger charge is -2.10. The molecule has 2 aliphatic rings. The van der Waals surface area contributed by atoms with E-state index in [1.54, 1.807) is 0 Å². The number of nitrogens with two attached hydrogens (primary N) is 1. The summed E-state index contributed by atoms with van der Waals surface area (Å²) >= 11 is 0. The number of carbonyl (C=O) groups excluding carboxylic acids is 1. The third-order valence-electron chi connectivity index (χ3n) is 1.73. The number of hydrogen-bond acceptors (Lipinski definition) is 4. The van der Waals surface area contributed by atoms with Crippen molar-refractivity contribution in [1.29, 1.82) is 0 Å². The molecule has 0 aliphatic carbocycles. The van der Waals surface area contributed by atoms with Gasteiger partial charge in [0.2, 0.25) is 0 Å². The van der Waals surface area contributed by atoms with Gasteiger partial charge in [-0.15, -0.1) is 5.10 Å². The van der Waals surface area contributed by atoms with Gasteiger partial charge in [0.1, 0.15) is 0 Å². The highest BCUT2D eigenvalue weighted by Crippen LogP contribution is 2.17. The minimum absolute atomic E-state index is 0.199. The molecule has 0 spiro atoms. The zero-order valence-corrected chi connectivity index (χ0v) is 6.28. The first-order chi connectivity index (χ1) is 5.79. The fourth-order valence-corrected chi connectivity index (χ4v) is 1.14.